The van der Waals surface area contributed by atoms with Gasteiger partial charge in [-0.3, -0.25) is 9.59 Å². The van der Waals surface area contributed by atoms with Crippen LogP contribution in [0.3, 0.4) is 0 Å². The Morgan fingerprint density at radius 1 is 1.39 bits per heavy atom. The van der Waals surface area contributed by atoms with Crippen LogP contribution < -0.4 is 0 Å². The molecule has 0 aromatic carbocycles. The van der Waals surface area contributed by atoms with Crippen LogP contribution in [-0.4, -0.2) is 54.4 Å². The molecule has 0 aromatic rings. The molecule has 2 unspecified atom stereocenters. The number of amides is 1. The number of carboxylic acids is 1. The van der Waals surface area contributed by atoms with Crippen molar-refractivity contribution in [2.24, 2.45) is 5.92 Å². The fraction of sp³-hybridized carbons (Fsp3) is 0.818. The van der Waals surface area contributed by atoms with Crippen molar-refractivity contribution < 1.29 is 23.1 Å². The summed E-state index contributed by atoms with van der Waals surface area (Å²) < 4.78 is 22.8. The van der Waals surface area contributed by atoms with E-state index in [0.29, 0.717) is 0 Å². The van der Waals surface area contributed by atoms with Crippen molar-refractivity contribution in [1.29, 1.82) is 0 Å². The van der Waals surface area contributed by atoms with E-state index in [0.717, 1.165) is 0 Å². The SMILES string of the molecule is CC(CC(=O)O)CC(=O)N1CCS(=O)(=O)CC1C. The summed E-state index contributed by atoms with van der Waals surface area (Å²) in [6.45, 7) is 3.62. The Hall–Kier alpha value is -1.11. The molecule has 0 radical (unpaired) electrons. The summed E-state index contributed by atoms with van der Waals surface area (Å²) in [5, 5.41) is 8.62. The standard InChI is InChI=1S/C11H19NO5S/c1-8(6-11(14)15)5-10(13)12-3-4-18(16,17)7-9(12)2/h8-9H,3-7H2,1-2H3,(H,14,15). The summed E-state index contributed by atoms with van der Waals surface area (Å²) in [6.07, 6.45) is 0.100. The van der Waals surface area contributed by atoms with Gasteiger partial charge in [0.2, 0.25) is 5.91 Å². The highest BCUT2D eigenvalue weighted by molar-refractivity contribution is 7.91. The second kappa shape index (κ2) is 5.69. The molecule has 104 valence electrons. The first kappa shape index (κ1) is 14.9. The van der Waals surface area contributed by atoms with Crippen molar-refractivity contribution in [3.63, 3.8) is 0 Å². The molecule has 1 aliphatic rings. The molecule has 1 aliphatic heterocycles. The molecule has 0 aromatic heterocycles. The van der Waals surface area contributed by atoms with Gasteiger partial charge in [0.15, 0.2) is 9.84 Å². The van der Waals surface area contributed by atoms with Gasteiger partial charge in [-0.05, 0) is 12.8 Å². The minimum atomic E-state index is -3.03. The van der Waals surface area contributed by atoms with E-state index in [2.05, 4.69) is 0 Å². The number of carbonyl (C=O) groups excluding carboxylic acids is 1. The number of sulfone groups is 1. The Labute approximate surface area is 107 Å². The summed E-state index contributed by atoms with van der Waals surface area (Å²) in [5.74, 6) is -1.33. The van der Waals surface area contributed by atoms with E-state index < -0.39 is 15.8 Å². The third-order valence-corrected chi connectivity index (χ3v) is 4.83. The molecular formula is C11H19NO5S. The average Bonchev–Trinajstić information content (AvgIpc) is 2.13. The summed E-state index contributed by atoms with van der Waals surface area (Å²) in [7, 11) is -3.03. The maximum absolute atomic E-state index is 11.9. The summed E-state index contributed by atoms with van der Waals surface area (Å²) >= 11 is 0. The van der Waals surface area contributed by atoms with Gasteiger partial charge < -0.3 is 10.0 Å². The zero-order valence-corrected chi connectivity index (χ0v) is 11.4. The highest BCUT2D eigenvalue weighted by Gasteiger charge is 2.31. The fourth-order valence-corrected chi connectivity index (χ4v) is 3.71. The second-order valence-electron chi connectivity index (χ2n) is 4.96. The molecular weight excluding hydrogens is 258 g/mol. The van der Waals surface area contributed by atoms with E-state index in [4.69, 9.17) is 5.11 Å². The smallest absolute Gasteiger partial charge is 0.303 e. The molecule has 0 saturated carbocycles. The lowest BCUT2D eigenvalue weighted by Crippen LogP contribution is -2.50. The van der Waals surface area contributed by atoms with Crippen LogP contribution in [-0.2, 0) is 19.4 Å². The van der Waals surface area contributed by atoms with E-state index in [1.807, 2.05) is 0 Å². The minimum absolute atomic E-state index is 0.00358. The Bertz CT molecular complexity index is 431. The molecule has 1 amide bonds. The molecule has 2 atom stereocenters. The number of rotatable bonds is 4. The van der Waals surface area contributed by atoms with Crippen LogP contribution in [0.15, 0.2) is 0 Å². The van der Waals surface area contributed by atoms with Gasteiger partial charge in [0.05, 0.1) is 11.5 Å². The van der Waals surface area contributed by atoms with Crippen LogP contribution >= 0.6 is 0 Å². The number of carboxylic acid groups (broad SMARTS) is 1. The molecule has 18 heavy (non-hydrogen) atoms. The summed E-state index contributed by atoms with van der Waals surface area (Å²) in [4.78, 5) is 24.0. The third kappa shape index (κ3) is 4.29. The van der Waals surface area contributed by atoms with E-state index >= 15 is 0 Å². The van der Waals surface area contributed by atoms with Gasteiger partial charge >= 0.3 is 5.97 Å². The van der Waals surface area contributed by atoms with Gasteiger partial charge in [-0.1, -0.05) is 6.92 Å². The zero-order chi connectivity index (χ0) is 13.9. The number of hydrogen-bond acceptors (Lipinski definition) is 4. The Balaban J connectivity index is 2.55. The van der Waals surface area contributed by atoms with Crippen LogP contribution in [0.2, 0.25) is 0 Å². The molecule has 1 rings (SSSR count). The van der Waals surface area contributed by atoms with Gasteiger partial charge in [0, 0.05) is 25.4 Å². The van der Waals surface area contributed by atoms with E-state index in [9.17, 15) is 18.0 Å². The van der Waals surface area contributed by atoms with Crippen molar-refractivity contribution in [3.8, 4) is 0 Å². The third-order valence-electron chi connectivity index (χ3n) is 3.04. The zero-order valence-electron chi connectivity index (χ0n) is 10.6. The van der Waals surface area contributed by atoms with Gasteiger partial charge in [-0.25, -0.2) is 8.42 Å². The number of nitrogens with zero attached hydrogens (tertiary/aromatic N) is 1. The molecule has 0 aliphatic carbocycles. The van der Waals surface area contributed by atoms with Gasteiger partial charge in [-0.15, -0.1) is 0 Å². The monoisotopic (exact) mass is 277 g/mol. The van der Waals surface area contributed by atoms with E-state index in [1.54, 1.807) is 18.7 Å². The lowest BCUT2D eigenvalue weighted by atomic mass is 10.0. The van der Waals surface area contributed by atoms with E-state index in [1.165, 1.54) is 0 Å². The number of carbonyl (C=O) groups is 2. The first-order chi connectivity index (χ1) is 8.21. The maximum atomic E-state index is 11.9. The highest BCUT2D eigenvalue weighted by Crippen LogP contribution is 2.16. The molecule has 1 heterocycles. The molecule has 1 N–H and O–H groups in total. The average molecular weight is 277 g/mol. The van der Waals surface area contributed by atoms with Crippen LogP contribution in [0.5, 0.6) is 0 Å². The predicted octanol–water partition coefficient (Wildman–Crippen LogP) is 0.133. The van der Waals surface area contributed by atoms with Gasteiger partial charge in [-0.2, -0.15) is 0 Å². The van der Waals surface area contributed by atoms with Crippen LogP contribution in [0.1, 0.15) is 26.7 Å². The van der Waals surface area contributed by atoms with Crippen molar-refractivity contribution in [2.75, 3.05) is 18.1 Å². The molecule has 0 spiro atoms. The van der Waals surface area contributed by atoms with Crippen molar-refractivity contribution in [2.45, 2.75) is 32.7 Å². The summed E-state index contributed by atoms with van der Waals surface area (Å²) in [5.41, 5.74) is 0. The minimum Gasteiger partial charge on any atom is -0.481 e. The fourth-order valence-electron chi connectivity index (χ4n) is 2.15. The lowest BCUT2D eigenvalue weighted by Gasteiger charge is -2.33. The molecule has 0 bridgehead atoms. The molecule has 7 heteroatoms. The van der Waals surface area contributed by atoms with Gasteiger partial charge in [0.25, 0.3) is 0 Å². The predicted molar refractivity (Wildman–Crippen MR) is 65.9 cm³/mol. The first-order valence-corrected chi connectivity index (χ1v) is 7.75. The van der Waals surface area contributed by atoms with Crippen molar-refractivity contribution in [3.05, 3.63) is 0 Å². The Kier molecular flexibility index (Phi) is 4.72. The van der Waals surface area contributed by atoms with Crippen molar-refractivity contribution in [1.82, 2.24) is 4.90 Å². The molecule has 1 saturated heterocycles. The molecule has 6 nitrogen and oxygen atoms in total. The van der Waals surface area contributed by atoms with Gasteiger partial charge in [0.1, 0.15) is 0 Å². The first-order valence-electron chi connectivity index (χ1n) is 5.93. The van der Waals surface area contributed by atoms with Crippen LogP contribution in [0.4, 0.5) is 0 Å². The Morgan fingerprint density at radius 3 is 2.50 bits per heavy atom. The topological polar surface area (TPSA) is 91.8 Å². The molecule has 1 fully saturated rings. The largest absolute Gasteiger partial charge is 0.481 e. The van der Waals surface area contributed by atoms with Crippen LogP contribution in [0.25, 0.3) is 0 Å². The lowest BCUT2D eigenvalue weighted by molar-refractivity contribution is -0.138. The second-order valence-corrected chi connectivity index (χ2v) is 7.19. The quantitative estimate of drug-likeness (QED) is 0.788. The van der Waals surface area contributed by atoms with Crippen LogP contribution in [0, 0.1) is 5.92 Å². The Morgan fingerprint density at radius 2 is 2.00 bits per heavy atom. The highest BCUT2D eigenvalue weighted by atomic mass is 32.2. The normalized spacial score (nSPS) is 24.6. The number of aliphatic carboxylic acids is 1. The summed E-state index contributed by atoms with van der Waals surface area (Å²) in [6, 6.07) is -0.326. The maximum Gasteiger partial charge on any atom is 0.303 e. The van der Waals surface area contributed by atoms with Crippen molar-refractivity contribution >= 4 is 21.7 Å². The van der Waals surface area contributed by atoms with E-state index in [-0.39, 0.29) is 48.8 Å². The number of hydrogen-bond donors (Lipinski definition) is 1.